The summed E-state index contributed by atoms with van der Waals surface area (Å²) in [5.74, 6) is -0.380. The second-order valence-electron chi connectivity index (χ2n) is 6.09. The van der Waals surface area contributed by atoms with Crippen LogP contribution in [0.5, 0.6) is 0 Å². The van der Waals surface area contributed by atoms with Crippen LogP contribution in [0.15, 0.2) is 29.2 Å². The Balaban J connectivity index is 1.79. The van der Waals surface area contributed by atoms with Gasteiger partial charge in [-0.15, -0.1) is 0 Å². The second-order valence-corrected chi connectivity index (χ2v) is 7.93. The van der Waals surface area contributed by atoms with Gasteiger partial charge in [0.1, 0.15) is 0 Å². The number of piperidine rings is 1. The van der Waals surface area contributed by atoms with Crippen LogP contribution in [-0.4, -0.2) is 43.4 Å². The highest BCUT2D eigenvalue weighted by atomic mass is 32.2. The van der Waals surface area contributed by atoms with E-state index in [1.165, 1.54) is 11.2 Å². The normalized spacial score (nSPS) is 33.3. The number of hydrogen-bond acceptors (Lipinski definition) is 5. The lowest BCUT2D eigenvalue weighted by molar-refractivity contribution is -0.142. The van der Waals surface area contributed by atoms with Crippen molar-refractivity contribution in [2.45, 2.75) is 43.3 Å². The molecule has 1 saturated carbocycles. The Morgan fingerprint density at radius 1 is 1.32 bits per heavy atom. The average Bonchev–Trinajstić information content (AvgIpc) is 3.12. The molecule has 1 heterocycles. The third kappa shape index (κ3) is 2.53. The number of ether oxygens (including phenoxy) is 1. The standard InChI is InChI=1S/C15H20N2O4S/c1-9-3-5-12(6-4-9)22(19,20)17-14-11(8-21-10(2)18)7-13(16)15(14)17/h3-6,11,13-15H,7-8,16H2,1-2H3/t11-,13-,14-,15+,17?/m0/s1. The number of nitrogens with two attached hydrogens (primary N) is 1. The summed E-state index contributed by atoms with van der Waals surface area (Å²) in [4.78, 5) is 11.2. The minimum Gasteiger partial charge on any atom is -0.466 e. The number of aryl methyl sites for hydroxylation is 1. The number of nitrogens with zero attached hydrogens (tertiary/aromatic N) is 1. The molecule has 7 heteroatoms. The summed E-state index contributed by atoms with van der Waals surface area (Å²) < 4.78 is 31.9. The minimum absolute atomic E-state index is 0.0240. The maximum atomic E-state index is 12.7. The van der Waals surface area contributed by atoms with Crippen LogP contribution in [0.25, 0.3) is 0 Å². The number of fused-ring (bicyclic) bond motifs is 1. The van der Waals surface area contributed by atoms with Crippen molar-refractivity contribution in [2.24, 2.45) is 11.7 Å². The molecule has 1 unspecified atom stereocenters. The van der Waals surface area contributed by atoms with Crippen molar-refractivity contribution < 1.29 is 17.9 Å². The zero-order valence-corrected chi connectivity index (χ0v) is 13.4. The van der Waals surface area contributed by atoms with Crippen LogP contribution >= 0.6 is 0 Å². The van der Waals surface area contributed by atoms with Gasteiger partial charge in [0.05, 0.1) is 17.5 Å². The van der Waals surface area contributed by atoms with Crippen molar-refractivity contribution in [2.75, 3.05) is 6.61 Å². The zero-order valence-electron chi connectivity index (χ0n) is 12.6. The van der Waals surface area contributed by atoms with E-state index in [0.29, 0.717) is 6.42 Å². The summed E-state index contributed by atoms with van der Waals surface area (Å²) in [6.45, 7) is 3.48. The summed E-state index contributed by atoms with van der Waals surface area (Å²) in [5, 5.41) is 0. The Morgan fingerprint density at radius 3 is 2.55 bits per heavy atom. The molecule has 2 N–H and O–H groups in total. The topological polar surface area (TPSA) is 89.5 Å². The van der Waals surface area contributed by atoms with Gasteiger partial charge >= 0.3 is 5.97 Å². The molecule has 120 valence electrons. The van der Waals surface area contributed by atoms with Gasteiger partial charge in [-0.25, -0.2) is 8.42 Å². The van der Waals surface area contributed by atoms with E-state index in [0.717, 1.165) is 5.56 Å². The number of rotatable bonds is 4. The Bertz CT molecular complexity index is 686. The van der Waals surface area contributed by atoms with E-state index in [-0.39, 0.29) is 41.5 Å². The van der Waals surface area contributed by atoms with Crippen LogP contribution in [-0.2, 0) is 19.6 Å². The lowest BCUT2D eigenvalue weighted by Crippen LogP contribution is -2.33. The van der Waals surface area contributed by atoms with Gasteiger partial charge in [-0.05, 0) is 25.5 Å². The molecule has 2 fully saturated rings. The predicted molar refractivity (Wildman–Crippen MR) is 80.5 cm³/mol. The number of sulfonamides is 1. The molecular weight excluding hydrogens is 304 g/mol. The average molecular weight is 324 g/mol. The lowest BCUT2D eigenvalue weighted by atomic mass is 10.1. The Hall–Kier alpha value is -1.44. The first-order chi connectivity index (χ1) is 10.3. The SMILES string of the molecule is CC(=O)OC[C@@H]1C[C@H](N)[C@@H]2[C@H]1N2S(=O)(=O)c1ccc(C)cc1. The van der Waals surface area contributed by atoms with Crippen molar-refractivity contribution in [3.8, 4) is 0 Å². The van der Waals surface area contributed by atoms with Crippen molar-refractivity contribution in [1.82, 2.24) is 4.31 Å². The van der Waals surface area contributed by atoms with Crippen LogP contribution in [0, 0.1) is 12.8 Å². The Morgan fingerprint density at radius 2 is 1.95 bits per heavy atom. The van der Waals surface area contributed by atoms with Gasteiger partial charge in [0.2, 0.25) is 10.0 Å². The van der Waals surface area contributed by atoms with Crippen LogP contribution in [0.1, 0.15) is 18.9 Å². The van der Waals surface area contributed by atoms with E-state index >= 15 is 0 Å². The van der Waals surface area contributed by atoms with Crippen LogP contribution in [0.4, 0.5) is 0 Å². The molecule has 22 heavy (non-hydrogen) atoms. The van der Waals surface area contributed by atoms with Crippen LogP contribution < -0.4 is 5.73 Å². The van der Waals surface area contributed by atoms with Crippen molar-refractivity contribution in [1.29, 1.82) is 0 Å². The van der Waals surface area contributed by atoms with Crippen LogP contribution in [0.2, 0.25) is 0 Å². The minimum atomic E-state index is -3.53. The highest BCUT2D eigenvalue weighted by molar-refractivity contribution is 7.89. The third-order valence-electron chi connectivity index (χ3n) is 4.44. The fourth-order valence-electron chi connectivity index (χ4n) is 3.35. The van der Waals surface area contributed by atoms with Gasteiger partial charge in [0.25, 0.3) is 0 Å². The molecule has 0 amide bonds. The molecule has 5 atom stereocenters. The number of benzene rings is 1. The summed E-state index contributed by atoms with van der Waals surface area (Å²) in [5.41, 5.74) is 7.07. The monoisotopic (exact) mass is 324 g/mol. The number of carbonyl (C=O) groups is 1. The maximum Gasteiger partial charge on any atom is 0.302 e. The fraction of sp³-hybridized carbons (Fsp3) is 0.533. The van der Waals surface area contributed by atoms with E-state index in [1.807, 2.05) is 6.92 Å². The molecule has 1 aromatic carbocycles. The van der Waals surface area contributed by atoms with E-state index in [4.69, 9.17) is 10.5 Å². The molecular formula is C15H20N2O4S. The molecule has 6 nitrogen and oxygen atoms in total. The first kappa shape index (κ1) is 15.5. The van der Waals surface area contributed by atoms with Gasteiger partial charge in [-0.3, -0.25) is 4.79 Å². The molecule has 2 aliphatic rings. The molecule has 0 radical (unpaired) electrons. The molecule has 1 saturated heterocycles. The lowest BCUT2D eigenvalue weighted by Gasteiger charge is -2.18. The summed E-state index contributed by atoms with van der Waals surface area (Å²) in [6, 6.07) is 6.26. The third-order valence-corrected chi connectivity index (χ3v) is 6.35. The molecule has 0 aromatic heterocycles. The van der Waals surface area contributed by atoms with E-state index in [2.05, 4.69) is 0 Å². The first-order valence-electron chi connectivity index (χ1n) is 7.31. The van der Waals surface area contributed by atoms with E-state index in [1.54, 1.807) is 24.3 Å². The highest BCUT2D eigenvalue weighted by Crippen LogP contribution is 2.49. The summed E-state index contributed by atoms with van der Waals surface area (Å²) in [7, 11) is -3.53. The van der Waals surface area contributed by atoms with Gasteiger partial charge in [-0.2, -0.15) is 4.31 Å². The quantitative estimate of drug-likeness (QED) is 0.649. The predicted octanol–water partition coefficient (Wildman–Crippen LogP) is 0.647. The molecule has 0 spiro atoms. The maximum absolute atomic E-state index is 12.7. The largest absolute Gasteiger partial charge is 0.466 e. The van der Waals surface area contributed by atoms with Crippen LogP contribution in [0.3, 0.4) is 0 Å². The smallest absolute Gasteiger partial charge is 0.302 e. The number of hydrogen-bond donors (Lipinski definition) is 1. The van der Waals surface area contributed by atoms with Gasteiger partial charge in [0, 0.05) is 24.9 Å². The molecule has 1 aliphatic carbocycles. The van der Waals surface area contributed by atoms with Gasteiger partial charge in [0.15, 0.2) is 0 Å². The first-order valence-corrected chi connectivity index (χ1v) is 8.75. The Kier molecular flexibility index (Phi) is 3.74. The van der Waals surface area contributed by atoms with Crippen molar-refractivity contribution in [3.63, 3.8) is 0 Å². The highest BCUT2D eigenvalue weighted by Gasteiger charge is 2.65. The van der Waals surface area contributed by atoms with Crippen molar-refractivity contribution >= 4 is 16.0 Å². The molecule has 1 aromatic rings. The zero-order chi connectivity index (χ0) is 16.1. The summed E-state index contributed by atoms with van der Waals surface area (Å²) >= 11 is 0. The van der Waals surface area contributed by atoms with E-state index < -0.39 is 10.0 Å². The molecule has 3 rings (SSSR count). The second kappa shape index (κ2) is 5.33. The fourth-order valence-corrected chi connectivity index (χ4v) is 5.23. The number of esters is 1. The summed E-state index contributed by atoms with van der Waals surface area (Å²) in [6.07, 6.45) is 0.683. The van der Waals surface area contributed by atoms with Crippen molar-refractivity contribution in [3.05, 3.63) is 29.8 Å². The number of carbonyl (C=O) groups excluding carboxylic acids is 1. The van der Waals surface area contributed by atoms with Gasteiger partial charge < -0.3 is 10.5 Å². The molecule has 1 aliphatic heterocycles. The molecule has 0 bridgehead atoms. The van der Waals surface area contributed by atoms with Gasteiger partial charge in [-0.1, -0.05) is 17.7 Å². The Labute approximate surface area is 130 Å². The van der Waals surface area contributed by atoms with E-state index in [9.17, 15) is 13.2 Å².